The van der Waals surface area contributed by atoms with Crippen LogP contribution in [-0.2, 0) is 13.1 Å². The van der Waals surface area contributed by atoms with Gasteiger partial charge in [-0.3, -0.25) is 0 Å². The molecule has 0 atom stereocenters. The van der Waals surface area contributed by atoms with E-state index in [1.165, 1.54) is 75.3 Å². The molecule has 3 nitrogen and oxygen atoms in total. The van der Waals surface area contributed by atoms with Gasteiger partial charge in [-0.15, -0.1) is 0 Å². The van der Waals surface area contributed by atoms with Crippen molar-refractivity contribution in [3.8, 4) is 16.9 Å². The van der Waals surface area contributed by atoms with Gasteiger partial charge in [-0.1, -0.05) is 52.4 Å². The molecule has 2 aromatic rings. The zero-order valence-electron chi connectivity index (χ0n) is 18.3. The molecule has 2 heterocycles. The predicted molar refractivity (Wildman–Crippen MR) is 116 cm³/mol. The van der Waals surface area contributed by atoms with Gasteiger partial charge < -0.3 is 4.74 Å². The van der Waals surface area contributed by atoms with E-state index in [1.807, 2.05) is 0 Å². The zero-order chi connectivity index (χ0) is 20.0. The van der Waals surface area contributed by atoms with Crippen LogP contribution in [-0.4, -0.2) is 7.11 Å². The van der Waals surface area contributed by atoms with Gasteiger partial charge in [-0.2, -0.15) is 0 Å². The van der Waals surface area contributed by atoms with Crippen LogP contribution in [0.2, 0.25) is 0 Å². The van der Waals surface area contributed by atoms with E-state index < -0.39 is 0 Å². The lowest BCUT2D eigenvalue weighted by Gasteiger charge is -2.07. The fourth-order valence-corrected chi connectivity index (χ4v) is 3.64. The van der Waals surface area contributed by atoms with Crippen LogP contribution in [0, 0.1) is 0 Å². The molecule has 0 radical (unpaired) electrons. The third kappa shape index (κ3) is 7.61. The molecular weight excluding hydrogens is 344 g/mol. The number of methoxy groups -OCH3 is 1. The van der Waals surface area contributed by atoms with Gasteiger partial charge in [-0.05, 0) is 18.4 Å². The molecule has 0 bridgehead atoms. The Morgan fingerprint density at radius 3 is 1.79 bits per heavy atom. The number of hydrogen-bond donors (Lipinski definition) is 0. The first kappa shape index (κ1) is 22.4. The summed E-state index contributed by atoms with van der Waals surface area (Å²) in [5.41, 5.74) is 2.38. The largest absolute Gasteiger partial charge is 0.490 e. The van der Waals surface area contributed by atoms with E-state index in [4.69, 9.17) is 4.74 Å². The third-order valence-corrected chi connectivity index (χ3v) is 5.44. The molecule has 0 aromatic carbocycles. The Hall–Kier alpha value is -1.90. The molecule has 154 valence electrons. The molecular formula is C25H40N2O+2. The molecule has 3 heteroatoms. The Bertz CT molecular complexity index is 667. The molecule has 2 rings (SSSR count). The third-order valence-electron chi connectivity index (χ3n) is 5.44. The summed E-state index contributed by atoms with van der Waals surface area (Å²) in [4.78, 5) is 0. The van der Waals surface area contributed by atoms with Crippen LogP contribution >= 0.6 is 0 Å². The van der Waals surface area contributed by atoms with Crippen molar-refractivity contribution in [3.05, 3.63) is 43.0 Å². The standard InChI is InChI=1S/C25H40N2O/c1-4-6-8-10-12-17-26-19-14-23(15-20-26)24-16-21-27(22-25(24)28-3)18-13-11-9-7-5-2/h14-16,19-22H,4-13,17-18H2,1-3H3/q+2. The van der Waals surface area contributed by atoms with Crippen molar-refractivity contribution in [3.63, 3.8) is 0 Å². The van der Waals surface area contributed by atoms with Gasteiger partial charge in [-0.25, -0.2) is 9.13 Å². The van der Waals surface area contributed by atoms with Gasteiger partial charge >= 0.3 is 0 Å². The van der Waals surface area contributed by atoms with Crippen LogP contribution in [0.1, 0.15) is 78.1 Å². The molecule has 0 unspecified atom stereocenters. The summed E-state index contributed by atoms with van der Waals surface area (Å²) in [6, 6.07) is 6.60. The van der Waals surface area contributed by atoms with E-state index in [1.54, 1.807) is 7.11 Å². The van der Waals surface area contributed by atoms with Crippen molar-refractivity contribution in [2.24, 2.45) is 0 Å². The molecule has 0 aliphatic heterocycles. The van der Waals surface area contributed by atoms with Crippen LogP contribution < -0.4 is 13.9 Å². The van der Waals surface area contributed by atoms with E-state index in [0.717, 1.165) is 18.8 Å². The Morgan fingerprint density at radius 1 is 0.679 bits per heavy atom. The fourth-order valence-electron chi connectivity index (χ4n) is 3.64. The molecule has 0 spiro atoms. The Balaban J connectivity index is 1.92. The Morgan fingerprint density at radius 2 is 1.21 bits per heavy atom. The topological polar surface area (TPSA) is 17.0 Å². The van der Waals surface area contributed by atoms with Crippen LogP contribution in [0.4, 0.5) is 0 Å². The predicted octanol–water partition coefficient (Wildman–Crippen LogP) is 5.88. The maximum absolute atomic E-state index is 5.69. The minimum atomic E-state index is 0.952. The lowest BCUT2D eigenvalue weighted by Crippen LogP contribution is -2.33. The quantitative estimate of drug-likeness (QED) is 0.294. The summed E-state index contributed by atoms with van der Waals surface area (Å²) >= 11 is 0. The van der Waals surface area contributed by atoms with Crippen molar-refractivity contribution in [1.82, 2.24) is 0 Å². The Labute approximate surface area is 172 Å². The van der Waals surface area contributed by atoms with E-state index in [0.29, 0.717) is 0 Å². The van der Waals surface area contributed by atoms with Crippen LogP contribution in [0.15, 0.2) is 43.0 Å². The molecule has 28 heavy (non-hydrogen) atoms. The SMILES string of the molecule is CCCCCCC[n+]1ccc(-c2cc[n+](CCCCCCC)cc2OC)cc1. The highest BCUT2D eigenvalue weighted by atomic mass is 16.5. The van der Waals surface area contributed by atoms with Crippen LogP contribution in [0.3, 0.4) is 0 Å². The summed E-state index contributed by atoms with van der Waals surface area (Å²) in [5.74, 6) is 0.952. The van der Waals surface area contributed by atoms with Crippen molar-refractivity contribution >= 4 is 0 Å². The van der Waals surface area contributed by atoms with Gasteiger partial charge in [0.1, 0.15) is 13.1 Å². The molecule has 2 aromatic heterocycles. The molecule has 0 N–H and O–H groups in total. The molecule has 0 fully saturated rings. The second kappa shape index (κ2) is 13.3. The number of nitrogens with zero attached hydrogens (tertiary/aromatic N) is 2. The summed E-state index contributed by atoms with van der Waals surface area (Å²) in [5, 5.41) is 0. The molecule has 0 saturated carbocycles. The van der Waals surface area contributed by atoms with Gasteiger partial charge in [0.2, 0.25) is 6.20 Å². The number of ether oxygens (including phenoxy) is 1. The summed E-state index contributed by atoms with van der Waals surface area (Å²) < 4.78 is 10.2. The van der Waals surface area contributed by atoms with E-state index in [9.17, 15) is 0 Å². The first-order valence-corrected chi connectivity index (χ1v) is 11.3. The van der Waals surface area contributed by atoms with E-state index in [2.05, 4.69) is 66.0 Å². The average Bonchev–Trinajstić information content (AvgIpc) is 2.74. The maximum Gasteiger partial charge on any atom is 0.211 e. The normalized spacial score (nSPS) is 11.0. The van der Waals surface area contributed by atoms with Crippen molar-refractivity contribution in [2.45, 2.75) is 91.1 Å². The van der Waals surface area contributed by atoms with Crippen molar-refractivity contribution < 1.29 is 13.9 Å². The van der Waals surface area contributed by atoms with Gasteiger partial charge in [0.15, 0.2) is 24.3 Å². The summed E-state index contributed by atoms with van der Waals surface area (Å²) in [6.45, 7) is 6.69. The number of aromatic nitrogens is 2. The molecule has 0 aliphatic rings. The van der Waals surface area contributed by atoms with Gasteiger partial charge in [0, 0.05) is 36.6 Å². The van der Waals surface area contributed by atoms with Gasteiger partial charge in [0.05, 0.1) is 7.11 Å². The number of aryl methyl sites for hydroxylation is 2. The van der Waals surface area contributed by atoms with Crippen LogP contribution in [0.5, 0.6) is 5.75 Å². The lowest BCUT2D eigenvalue weighted by molar-refractivity contribution is -0.697. The smallest absolute Gasteiger partial charge is 0.211 e. The molecule has 0 amide bonds. The molecule has 0 saturated heterocycles. The number of unbranched alkanes of at least 4 members (excludes halogenated alkanes) is 8. The second-order valence-corrected chi connectivity index (χ2v) is 7.82. The lowest BCUT2D eigenvalue weighted by atomic mass is 10.1. The zero-order valence-corrected chi connectivity index (χ0v) is 18.3. The van der Waals surface area contributed by atoms with E-state index >= 15 is 0 Å². The van der Waals surface area contributed by atoms with Gasteiger partial charge in [0.25, 0.3) is 0 Å². The molecule has 0 aliphatic carbocycles. The first-order valence-electron chi connectivity index (χ1n) is 11.3. The summed E-state index contributed by atoms with van der Waals surface area (Å²) in [6.07, 6.45) is 21.9. The number of hydrogen-bond acceptors (Lipinski definition) is 1. The maximum atomic E-state index is 5.69. The fraction of sp³-hybridized carbons (Fsp3) is 0.600. The number of rotatable bonds is 14. The highest BCUT2D eigenvalue weighted by Crippen LogP contribution is 2.27. The number of pyridine rings is 2. The second-order valence-electron chi connectivity index (χ2n) is 7.82. The average molecular weight is 385 g/mol. The minimum Gasteiger partial charge on any atom is -0.490 e. The van der Waals surface area contributed by atoms with E-state index in [-0.39, 0.29) is 0 Å². The monoisotopic (exact) mass is 384 g/mol. The Kier molecular flexibility index (Phi) is 10.6. The minimum absolute atomic E-state index is 0.952. The highest BCUT2D eigenvalue weighted by molar-refractivity contribution is 5.68. The summed E-state index contributed by atoms with van der Waals surface area (Å²) in [7, 11) is 1.77. The van der Waals surface area contributed by atoms with Crippen molar-refractivity contribution in [1.29, 1.82) is 0 Å². The first-order chi connectivity index (χ1) is 13.8. The van der Waals surface area contributed by atoms with Crippen LogP contribution in [0.25, 0.3) is 11.1 Å². The highest BCUT2D eigenvalue weighted by Gasteiger charge is 2.13. The van der Waals surface area contributed by atoms with Crippen molar-refractivity contribution in [2.75, 3.05) is 7.11 Å².